The monoisotopic (exact) mass is 290 g/mol. The van der Waals surface area contributed by atoms with E-state index in [1.165, 1.54) is 37.1 Å². The summed E-state index contributed by atoms with van der Waals surface area (Å²) in [4.78, 5) is 1.37. The number of benzene rings is 2. The van der Waals surface area contributed by atoms with Gasteiger partial charge in [0.05, 0.1) is 0 Å². The van der Waals surface area contributed by atoms with Crippen LogP contribution in [-0.4, -0.2) is 0 Å². The first-order valence-corrected chi connectivity index (χ1v) is 7.93. The zero-order chi connectivity index (χ0) is 14.4. The van der Waals surface area contributed by atoms with Crippen molar-refractivity contribution < 1.29 is 4.57 Å². The lowest BCUT2D eigenvalue weighted by molar-refractivity contribution is -0.633. The van der Waals surface area contributed by atoms with Crippen LogP contribution in [0.15, 0.2) is 60.7 Å². The van der Waals surface area contributed by atoms with E-state index in [9.17, 15) is 0 Å². The van der Waals surface area contributed by atoms with Crippen LogP contribution in [0, 0.1) is 6.92 Å². The van der Waals surface area contributed by atoms with E-state index in [2.05, 4.69) is 79.2 Å². The van der Waals surface area contributed by atoms with Gasteiger partial charge < -0.3 is 0 Å². The van der Waals surface area contributed by atoms with Crippen molar-refractivity contribution in [1.29, 1.82) is 0 Å². The summed E-state index contributed by atoms with van der Waals surface area (Å²) in [6, 6.07) is 21.6. The van der Waals surface area contributed by atoms with Gasteiger partial charge in [0.25, 0.3) is 0 Å². The van der Waals surface area contributed by atoms with Crippen LogP contribution in [0.1, 0.15) is 5.56 Å². The van der Waals surface area contributed by atoms with Crippen LogP contribution in [0.5, 0.6) is 0 Å². The Bertz CT molecular complexity index is 966. The maximum Gasteiger partial charge on any atom is 0.223 e. The number of thiophene rings is 1. The summed E-state index contributed by atoms with van der Waals surface area (Å²) >= 11 is 1.88. The standard InChI is InChI=1S/C19H16NS/c1-13-15-8-4-6-10-18(15)21-19(13)17-12-11-14-7-3-5-9-16(14)20(17)2/h3-12H,1-2H3/q+1. The first kappa shape index (κ1) is 12.5. The molecule has 4 aromatic rings. The summed E-state index contributed by atoms with van der Waals surface area (Å²) in [7, 11) is 2.15. The number of fused-ring (bicyclic) bond motifs is 2. The van der Waals surface area contributed by atoms with Gasteiger partial charge in [-0.3, -0.25) is 0 Å². The van der Waals surface area contributed by atoms with Gasteiger partial charge in [0.15, 0.2) is 0 Å². The number of hydrogen-bond acceptors (Lipinski definition) is 1. The zero-order valence-electron chi connectivity index (χ0n) is 12.1. The van der Waals surface area contributed by atoms with Crippen molar-refractivity contribution in [1.82, 2.24) is 0 Å². The highest BCUT2D eigenvalue weighted by atomic mass is 32.1. The molecule has 0 aliphatic carbocycles. The Morgan fingerprint density at radius 3 is 2.48 bits per heavy atom. The lowest BCUT2D eigenvalue weighted by Gasteiger charge is -2.02. The molecule has 2 heteroatoms. The van der Waals surface area contributed by atoms with E-state index in [-0.39, 0.29) is 0 Å². The third kappa shape index (κ3) is 1.87. The summed E-state index contributed by atoms with van der Waals surface area (Å²) in [5, 5.41) is 2.65. The first-order chi connectivity index (χ1) is 10.3. The Labute approximate surface area is 128 Å². The first-order valence-electron chi connectivity index (χ1n) is 7.12. The SMILES string of the molecule is Cc1c(-c2ccc3ccccc3[n+]2C)sc2ccccc12. The molecule has 0 aliphatic heterocycles. The molecule has 2 aromatic heterocycles. The average Bonchev–Trinajstić information content (AvgIpc) is 2.85. The van der Waals surface area contributed by atoms with Gasteiger partial charge in [-0.05, 0) is 36.1 Å². The third-order valence-corrected chi connectivity index (χ3v) is 5.45. The Kier molecular flexibility index (Phi) is 2.79. The normalized spacial score (nSPS) is 11.3. The van der Waals surface area contributed by atoms with Crippen molar-refractivity contribution in [3.63, 3.8) is 0 Å². The molecule has 0 atom stereocenters. The Morgan fingerprint density at radius 2 is 1.62 bits per heavy atom. The Hall–Kier alpha value is -2.19. The molecular weight excluding hydrogens is 274 g/mol. The number of pyridine rings is 1. The third-order valence-electron chi connectivity index (χ3n) is 4.16. The maximum atomic E-state index is 2.30. The predicted octanol–water partition coefficient (Wildman–Crippen LogP) is 4.85. The summed E-state index contributed by atoms with van der Waals surface area (Å²) < 4.78 is 3.66. The fraction of sp³-hybridized carbons (Fsp3) is 0.105. The molecule has 2 aromatic carbocycles. The van der Waals surface area contributed by atoms with E-state index in [4.69, 9.17) is 0 Å². The molecule has 0 saturated carbocycles. The lowest BCUT2D eigenvalue weighted by atomic mass is 10.1. The van der Waals surface area contributed by atoms with Crippen LogP contribution in [0.3, 0.4) is 0 Å². The van der Waals surface area contributed by atoms with Crippen molar-refractivity contribution in [3.05, 3.63) is 66.2 Å². The van der Waals surface area contributed by atoms with E-state index < -0.39 is 0 Å². The van der Waals surface area contributed by atoms with Gasteiger partial charge in [0.2, 0.25) is 11.2 Å². The van der Waals surface area contributed by atoms with Crippen LogP contribution in [-0.2, 0) is 7.05 Å². The second-order valence-corrected chi connectivity index (χ2v) is 6.44. The van der Waals surface area contributed by atoms with Crippen molar-refractivity contribution in [2.24, 2.45) is 7.05 Å². The summed E-state index contributed by atoms with van der Waals surface area (Å²) in [6.07, 6.45) is 0. The Balaban J connectivity index is 2.04. The molecule has 0 saturated heterocycles. The molecule has 0 spiro atoms. The van der Waals surface area contributed by atoms with Crippen LogP contribution >= 0.6 is 11.3 Å². The fourth-order valence-corrected chi connectivity index (χ4v) is 4.26. The molecule has 102 valence electrons. The van der Waals surface area contributed by atoms with E-state index in [0.29, 0.717) is 0 Å². The second kappa shape index (κ2) is 4.68. The molecule has 1 nitrogen and oxygen atoms in total. The van der Waals surface area contributed by atoms with Crippen LogP contribution < -0.4 is 4.57 Å². The van der Waals surface area contributed by atoms with E-state index in [1.54, 1.807) is 0 Å². The van der Waals surface area contributed by atoms with Crippen LogP contribution in [0.25, 0.3) is 31.6 Å². The average molecular weight is 290 g/mol. The molecule has 0 radical (unpaired) electrons. The summed E-state index contributed by atoms with van der Waals surface area (Å²) in [5.74, 6) is 0. The maximum absolute atomic E-state index is 2.30. The number of aromatic nitrogens is 1. The molecule has 0 fully saturated rings. The number of rotatable bonds is 1. The minimum absolute atomic E-state index is 1.27. The fourth-order valence-electron chi connectivity index (χ4n) is 2.99. The largest absolute Gasteiger partial charge is 0.223 e. The predicted molar refractivity (Wildman–Crippen MR) is 90.7 cm³/mol. The highest BCUT2D eigenvalue weighted by molar-refractivity contribution is 7.22. The summed E-state index contributed by atoms with van der Waals surface area (Å²) in [5.41, 5.74) is 3.93. The number of hydrogen-bond donors (Lipinski definition) is 0. The lowest BCUT2D eigenvalue weighted by Crippen LogP contribution is -2.31. The molecule has 2 heterocycles. The van der Waals surface area contributed by atoms with Gasteiger partial charge in [-0.1, -0.05) is 30.3 Å². The molecule has 0 amide bonds. The summed E-state index contributed by atoms with van der Waals surface area (Å²) in [6.45, 7) is 2.23. The van der Waals surface area contributed by atoms with Gasteiger partial charge in [0, 0.05) is 22.2 Å². The quantitative estimate of drug-likeness (QED) is 0.441. The smallest absolute Gasteiger partial charge is 0.193 e. The minimum atomic E-state index is 1.27. The van der Waals surface area contributed by atoms with E-state index in [0.717, 1.165) is 0 Å². The van der Waals surface area contributed by atoms with Gasteiger partial charge in [-0.15, -0.1) is 11.3 Å². The highest BCUT2D eigenvalue weighted by Gasteiger charge is 2.19. The molecule has 0 unspecified atom stereocenters. The molecule has 21 heavy (non-hydrogen) atoms. The van der Waals surface area contributed by atoms with Crippen molar-refractivity contribution >= 4 is 32.3 Å². The van der Waals surface area contributed by atoms with Gasteiger partial charge in [-0.2, -0.15) is 4.57 Å². The number of aryl methyl sites for hydroxylation is 2. The zero-order valence-corrected chi connectivity index (χ0v) is 12.9. The van der Waals surface area contributed by atoms with E-state index in [1.807, 2.05) is 11.3 Å². The minimum Gasteiger partial charge on any atom is -0.193 e. The van der Waals surface area contributed by atoms with Crippen LogP contribution in [0.2, 0.25) is 0 Å². The van der Waals surface area contributed by atoms with E-state index >= 15 is 0 Å². The van der Waals surface area contributed by atoms with Gasteiger partial charge >= 0.3 is 0 Å². The van der Waals surface area contributed by atoms with Crippen molar-refractivity contribution in [2.75, 3.05) is 0 Å². The molecule has 0 aliphatic rings. The Morgan fingerprint density at radius 1 is 0.857 bits per heavy atom. The number of nitrogens with zero attached hydrogens (tertiary/aromatic N) is 1. The molecule has 4 rings (SSSR count). The highest BCUT2D eigenvalue weighted by Crippen LogP contribution is 2.36. The van der Waals surface area contributed by atoms with Crippen molar-refractivity contribution in [2.45, 2.75) is 6.92 Å². The van der Waals surface area contributed by atoms with Crippen LogP contribution in [0.4, 0.5) is 0 Å². The van der Waals surface area contributed by atoms with Gasteiger partial charge in [-0.25, -0.2) is 0 Å². The molecule has 0 N–H and O–H groups in total. The molecular formula is C19H16NS+. The van der Waals surface area contributed by atoms with Crippen molar-refractivity contribution in [3.8, 4) is 10.6 Å². The van der Waals surface area contributed by atoms with Gasteiger partial charge in [0.1, 0.15) is 11.9 Å². The topological polar surface area (TPSA) is 3.88 Å². The number of para-hydroxylation sites is 1. The second-order valence-electron chi connectivity index (χ2n) is 5.39. The molecule has 0 bridgehead atoms.